The summed E-state index contributed by atoms with van der Waals surface area (Å²) in [6.45, 7) is 0. The summed E-state index contributed by atoms with van der Waals surface area (Å²) < 4.78 is 7.77. The maximum atomic E-state index is 12.1. The molecule has 0 unspecified atom stereocenters. The van der Waals surface area contributed by atoms with E-state index in [1.807, 2.05) is 0 Å². The molecule has 7 nitrogen and oxygen atoms in total. The fourth-order valence-electron chi connectivity index (χ4n) is 2.12. The molecule has 0 aliphatic heterocycles. The van der Waals surface area contributed by atoms with Gasteiger partial charge in [0, 0.05) is 37.4 Å². The molecule has 0 spiro atoms. The third-order valence-corrected chi connectivity index (χ3v) is 3.14. The van der Waals surface area contributed by atoms with Crippen molar-refractivity contribution in [3.8, 4) is 11.1 Å². The summed E-state index contributed by atoms with van der Waals surface area (Å²) in [5.74, 6) is -0.464. The average molecular weight is 272 g/mol. The minimum atomic E-state index is -0.464. The number of nitrogens with zero attached hydrogens (tertiary/aromatic N) is 3. The molecule has 0 aromatic carbocycles. The Morgan fingerprint density at radius 3 is 2.85 bits per heavy atom. The van der Waals surface area contributed by atoms with E-state index in [1.54, 1.807) is 42.3 Å². The lowest BCUT2D eigenvalue weighted by molar-refractivity contribution is 0.0600. The van der Waals surface area contributed by atoms with Crippen molar-refractivity contribution in [1.82, 2.24) is 19.2 Å². The number of carbonyl (C=O) groups excluding carboxylic acids is 1. The number of esters is 1. The number of aromatic nitrogens is 4. The number of rotatable bonds is 2. The number of aryl methyl sites for hydroxylation is 1. The summed E-state index contributed by atoms with van der Waals surface area (Å²) in [6, 6.07) is 1.61. The molecule has 3 aromatic rings. The highest BCUT2D eigenvalue weighted by Gasteiger charge is 2.16. The number of hydrogen-bond acceptors (Lipinski definition) is 4. The molecule has 0 amide bonds. The van der Waals surface area contributed by atoms with Crippen LogP contribution in [0.15, 0.2) is 35.6 Å². The molecule has 3 heterocycles. The van der Waals surface area contributed by atoms with Crippen LogP contribution in [0.4, 0.5) is 0 Å². The summed E-state index contributed by atoms with van der Waals surface area (Å²) in [5.41, 5.74) is 1.82. The number of nitrogens with one attached hydrogen (secondary N) is 1. The van der Waals surface area contributed by atoms with Crippen LogP contribution in [-0.4, -0.2) is 32.2 Å². The van der Waals surface area contributed by atoms with Crippen LogP contribution in [0.1, 0.15) is 10.4 Å². The highest BCUT2D eigenvalue weighted by Crippen LogP contribution is 2.22. The van der Waals surface area contributed by atoms with Crippen LogP contribution in [0.3, 0.4) is 0 Å². The van der Waals surface area contributed by atoms with Gasteiger partial charge in [-0.1, -0.05) is 0 Å². The molecule has 0 aliphatic carbocycles. The molecule has 3 rings (SSSR count). The van der Waals surface area contributed by atoms with Crippen molar-refractivity contribution in [1.29, 1.82) is 0 Å². The number of pyridine rings is 1. The number of ether oxygens (including phenoxy) is 1. The van der Waals surface area contributed by atoms with Crippen LogP contribution in [0.5, 0.6) is 0 Å². The van der Waals surface area contributed by atoms with Gasteiger partial charge in [0.1, 0.15) is 5.65 Å². The van der Waals surface area contributed by atoms with Crippen molar-refractivity contribution in [2.24, 2.45) is 7.05 Å². The maximum absolute atomic E-state index is 12.1. The zero-order valence-electron chi connectivity index (χ0n) is 11.0. The molecule has 0 aliphatic rings. The number of methoxy groups -OCH3 is 1. The SMILES string of the molecule is COC(=O)c1cc(-c2c[nH]n(C)c2=O)c2nccn2c1. The highest BCUT2D eigenvalue weighted by molar-refractivity contribution is 5.92. The molecule has 0 saturated heterocycles. The van der Waals surface area contributed by atoms with Gasteiger partial charge in [-0.3, -0.25) is 9.48 Å². The lowest BCUT2D eigenvalue weighted by atomic mass is 10.1. The minimum absolute atomic E-state index is 0.183. The first-order valence-electron chi connectivity index (χ1n) is 5.91. The molecule has 0 radical (unpaired) electrons. The summed E-state index contributed by atoms with van der Waals surface area (Å²) >= 11 is 0. The number of imidazole rings is 1. The van der Waals surface area contributed by atoms with Gasteiger partial charge in [-0.05, 0) is 6.07 Å². The van der Waals surface area contributed by atoms with Gasteiger partial charge in [-0.2, -0.15) is 0 Å². The maximum Gasteiger partial charge on any atom is 0.339 e. The highest BCUT2D eigenvalue weighted by atomic mass is 16.5. The average Bonchev–Trinajstić information content (AvgIpc) is 3.05. The van der Waals surface area contributed by atoms with Crippen molar-refractivity contribution in [2.45, 2.75) is 0 Å². The third kappa shape index (κ3) is 1.71. The molecular formula is C13H12N4O3. The quantitative estimate of drug-likeness (QED) is 0.700. The number of carbonyl (C=O) groups is 1. The van der Waals surface area contributed by atoms with Gasteiger partial charge in [0.2, 0.25) is 0 Å². The summed E-state index contributed by atoms with van der Waals surface area (Å²) in [7, 11) is 2.94. The Bertz CT molecular complexity index is 856. The first-order chi connectivity index (χ1) is 9.61. The van der Waals surface area contributed by atoms with E-state index in [1.165, 1.54) is 11.8 Å². The zero-order valence-corrected chi connectivity index (χ0v) is 11.0. The van der Waals surface area contributed by atoms with Crippen LogP contribution in [0.25, 0.3) is 16.8 Å². The lowest BCUT2D eigenvalue weighted by Crippen LogP contribution is -2.14. The van der Waals surface area contributed by atoms with Gasteiger partial charge >= 0.3 is 5.97 Å². The fourth-order valence-corrected chi connectivity index (χ4v) is 2.12. The van der Waals surface area contributed by atoms with Gasteiger partial charge in [0.05, 0.1) is 18.2 Å². The summed E-state index contributed by atoms with van der Waals surface area (Å²) in [5, 5.41) is 2.81. The van der Waals surface area contributed by atoms with Crippen LogP contribution in [0.2, 0.25) is 0 Å². The Kier molecular flexibility index (Phi) is 2.67. The molecule has 7 heteroatoms. The topological polar surface area (TPSA) is 81.4 Å². The molecular weight excluding hydrogens is 260 g/mol. The van der Waals surface area contributed by atoms with E-state index < -0.39 is 5.97 Å². The normalized spacial score (nSPS) is 10.9. The smallest absolute Gasteiger partial charge is 0.339 e. The van der Waals surface area contributed by atoms with Crippen LogP contribution in [0, 0.1) is 0 Å². The van der Waals surface area contributed by atoms with E-state index in [-0.39, 0.29) is 5.56 Å². The molecule has 0 bridgehead atoms. The van der Waals surface area contributed by atoms with E-state index in [2.05, 4.69) is 10.1 Å². The third-order valence-electron chi connectivity index (χ3n) is 3.14. The van der Waals surface area contributed by atoms with Gasteiger partial charge in [-0.15, -0.1) is 0 Å². The Hall–Kier alpha value is -2.83. The molecule has 0 fully saturated rings. The van der Waals surface area contributed by atoms with Crippen molar-refractivity contribution in [3.63, 3.8) is 0 Å². The Morgan fingerprint density at radius 1 is 1.40 bits per heavy atom. The van der Waals surface area contributed by atoms with Crippen molar-refractivity contribution in [3.05, 3.63) is 46.8 Å². The summed E-state index contributed by atoms with van der Waals surface area (Å²) in [4.78, 5) is 28.0. The van der Waals surface area contributed by atoms with Crippen molar-refractivity contribution >= 4 is 11.6 Å². The second kappa shape index (κ2) is 4.37. The molecule has 3 aromatic heterocycles. The molecule has 0 atom stereocenters. The van der Waals surface area contributed by atoms with E-state index in [9.17, 15) is 9.59 Å². The Labute approximate surface area is 113 Å². The van der Waals surface area contributed by atoms with Crippen molar-refractivity contribution in [2.75, 3.05) is 7.11 Å². The lowest BCUT2D eigenvalue weighted by Gasteiger charge is -2.05. The monoisotopic (exact) mass is 272 g/mol. The molecule has 1 N–H and O–H groups in total. The first kappa shape index (κ1) is 12.2. The van der Waals surface area contributed by atoms with Crippen LogP contribution in [-0.2, 0) is 11.8 Å². The number of H-pyrrole nitrogens is 1. The number of hydrogen-bond donors (Lipinski definition) is 1. The van der Waals surface area contributed by atoms with E-state index >= 15 is 0 Å². The van der Waals surface area contributed by atoms with E-state index in [4.69, 9.17) is 4.74 Å². The Morgan fingerprint density at radius 2 is 2.20 bits per heavy atom. The van der Waals surface area contributed by atoms with Gasteiger partial charge in [0.25, 0.3) is 5.56 Å². The molecule has 20 heavy (non-hydrogen) atoms. The fraction of sp³-hybridized carbons (Fsp3) is 0.154. The largest absolute Gasteiger partial charge is 0.465 e. The van der Waals surface area contributed by atoms with Crippen molar-refractivity contribution < 1.29 is 9.53 Å². The van der Waals surface area contributed by atoms with Gasteiger partial charge in [-0.25, -0.2) is 9.78 Å². The van der Waals surface area contributed by atoms with Crippen LogP contribution < -0.4 is 5.56 Å². The second-order valence-corrected chi connectivity index (χ2v) is 4.34. The van der Waals surface area contributed by atoms with Crippen LogP contribution >= 0.6 is 0 Å². The van der Waals surface area contributed by atoms with E-state index in [0.29, 0.717) is 22.3 Å². The van der Waals surface area contributed by atoms with Gasteiger partial charge < -0.3 is 14.2 Å². The van der Waals surface area contributed by atoms with E-state index in [0.717, 1.165) is 0 Å². The summed E-state index contributed by atoms with van der Waals surface area (Å²) in [6.07, 6.45) is 6.53. The minimum Gasteiger partial charge on any atom is -0.465 e. The molecule has 0 saturated carbocycles. The van der Waals surface area contributed by atoms with Gasteiger partial charge in [0.15, 0.2) is 0 Å². The molecule has 102 valence electrons. The first-order valence-corrected chi connectivity index (χ1v) is 5.91. The Balaban J connectivity index is 2.33. The zero-order chi connectivity index (χ0) is 14.3. The second-order valence-electron chi connectivity index (χ2n) is 4.34. The predicted octanol–water partition coefficient (Wildman–Crippen LogP) is 0.815. The number of aromatic amines is 1. The number of fused-ring (bicyclic) bond motifs is 1. The predicted molar refractivity (Wildman–Crippen MR) is 71.6 cm³/mol. The standard InChI is InChI=1S/C13H12N4O3/c1-16-12(18)10(6-15-16)9-5-8(13(19)20-2)7-17-4-3-14-11(9)17/h3-7,15H,1-2H3.